The molecule has 0 saturated carbocycles. The first-order valence-corrected chi connectivity index (χ1v) is 10.3. The van der Waals surface area contributed by atoms with Crippen LogP contribution in [-0.4, -0.2) is 21.2 Å². The van der Waals surface area contributed by atoms with E-state index in [1.54, 1.807) is 4.57 Å². The van der Waals surface area contributed by atoms with E-state index < -0.39 is 0 Å². The largest absolute Gasteiger partial charge is 0.325 e. The third kappa shape index (κ3) is 3.99. The second-order valence-electron chi connectivity index (χ2n) is 6.16. The van der Waals surface area contributed by atoms with Gasteiger partial charge in [0, 0.05) is 11.7 Å². The normalized spacial score (nSPS) is 12.3. The molecule has 136 valence electrons. The summed E-state index contributed by atoms with van der Waals surface area (Å²) in [5.74, 6) is 0.0843. The lowest BCUT2D eigenvalue weighted by molar-refractivity contribution is -0.113. The van der Waals surface area contributed by atoms with Crippen molar-refractivity contribution >= 4 is 44.9 Å². The summed E-state index contributed by atoms with van der Waals surface area (Å²) in [6, 6.07) is 9.54. The van der Waals surface area contributed by atoms with Crippen LogP contribution in [0.5, 0.6) is 0 Å². The topological polar surface area (TPSA) is 64.0 Å². The molecule has 2 aromatic heterocycles. The standard InChI is InChI=1S/C19H21N3O2S2/c1-4-13(3)22-18(24)17-15(9-10-25-17)21-19(22)26-11-16(23)20-14-7-5-12(2)6-8-14/h5-10,13H,4,11H2,1-3H3,(H,20,23). The van der Waals surface area contributed by atoms with Gasteiger partial charge in [-0.2, -0.15) is 0 Å². The van der Waals surface area contributed by atoms with E-state index in [0.29, 0.717) is 15.4 Å². The molecule has 0 aliphatic carbocycles. The molecule has 26 heavy (non-hydrogen) atoms. The smallest absolute Gasteiger partial charge is 0.272 e. The molecular formula is C19H21N3O2S2. The van der Waals surface area contributed by atoms with Crippen LogP contribution in [0.2, 0.25) is 0 Å². The van der Waals surface area contributed by atoms with Crippen molar-refractivity contribution in [2.75, 3.05) is 11.1 Å². The van der Waals surface area contributed by atoms with Crippen LogP contribution in [0.3, 0.4) is 0 Å². The molecule has 0 spiro atoms. The molecule has 0 bridgehead atoms. The molecule has 1 atom stereocenters. The van der Waals surface area contributed by atoms with Gasteiger partial charge in [-0.25, -0.2) is 4.98 Å². The molecule has 5 nitrogen and oxygen atoms in total. The van der Waals surface area contributed by atoms with Crippen LogP contribution in [0.4, 0.5) is 5.69 Å². The van der Waals surface area contributed by atoms with Gasteiger partial charge in [-0.15, -0.1) is 11.3 Å². The number of anilines is 1. The van der Waals surface area contributed by atoms with Crippen LogP contribution in [0, 0.1) is 6.92 Å². The first-order valence-electron chi connectivity index (χ1n) is 8.48. The third-order valence-corrected chi connectivity index (χ3v) is 6.02. The van der Waals surface area contributed by atoms with Gasteiger partial charge in [-0.3, -0.25) is 14.2 Å². The van der Waals surface area contributed by atoms with Crippen molar-refractivity contribution in [1.29, 1.82) is 0 Å². The van der Waals surface area contributed by atoms with Crippen molar-refractivity contribution in [1.82, 2.24) is 9.55 Å². The fraction of sp³-hybridized carbons (Fsp3) is 0.316. The van der Waals surface area contributed by atoms with Crippen LogP contribution >= 0.6 is 23.1 Å². The molecule has 3 rings (SSSR count). The van der Waals surface area contributed by atoms with E-state index >= 15 is 0 Å². The summed E-state index contributed by atoms with van der Waals surface area (Å²) in [6.07, 6.45) is 0.821. The highest BCUT2D eigenvalue weighted by Gasteiger charge is 2.17. The number of carbonyl (C=O) groups excluding carboxylic acids is 1. The SMILES string of the molecule is CCC(C)n1c(SCC(=O)Nc2ccc(C)cc2)nc2ccsc2c1=O. The van der Waals surface area contributed by atoms with Gasteiger partial charge >= 0.3 is 0 Å². The third-order valence-electron chi connectivity index (χ3n) is 4.18. The molecule has 0 fully saturated rings. The Balaban J connectivity index is 1.80. The van der Waals surface area contributed by atoms with Gasteiger partial charge in [0.2, 0.25) is 5.91 Å². The molecule has 0 radical (unpaired) electrons. The monoisotopic (exact) mass is 387 g/mol. The van der Waals surface area contributed by atoms with Crippen molar-refractivity contribution in [2.45, 2.75) is 38.4 Å². The minimum absolute atomic E-state index is 0.0270. The number of aromatic nitrogens is 2. The number of carbonyl (C=O) groups is 1. The molecule has 1 amide bonds. The molecule has 0 saturated heterocycles. The molecule has 3 aromatic rings. The lowest BCUT2D eigenvalue weighted by Crippen LogP contribution is -2.26. The Morgan fingerprint density at radius 2 is 2.04 bits per heavy atom. The van der Waals surface area contributed by atoms with Gasteiger partial charge < -0.3 is 5.32 Å². The number of rotatable bonds is 6. The van der Waals surface area contributed by atoms with E-state index in [1.807, 2.05) is 56.5 Å². The van der Waals surface area contributed by atoms with Crippen molar-refractivity contribution < 1.29 is 4.79 Å². The van der Waals surface area contributed by atoms with E-state index in [1.165, 1.54) is 23.1 Å². The lowest BCUT2D eigenvalue weighted by atomic mass is 10.2. The van der Waals surface area contributed by atoms with Crippen molar-refractivity contribution in [2.24, 2.45) is 0 Å². The summed E-state index contributed by atoms with van der Waals surface area (Å²) < 4.78 is 2.38. The van der Waals surface area contributed by atoms with Crippen LogP contribution in [0.1, 0.15) is 31.9 Å². The molecule has 1 unspecified atom stereocenters. The minimum atomic E-state index is -0.116. The molecule has 1 aromatic carbocycles. The summed E-state index contributed by atoms with van der Waals surface area (Å²) >= 11 is 2.71. The highest BCUT2D eigenvalue weighted by Crippen LogP contribution is 2.24. The zero-order valence-electron chi connectivity index (χ0n) is 15.0. The van der Waals surface area contributed by atoms with Crippen molar-refractivity contribution in [3.8, 4) is 0 Å². The Morgan fingerprint density at radius 1 is 1.31 bits per heavy atom. The van der Waals surface area contributed by atoms with Gasteiger partial charge in [-0.1, -0.05) is 36.4 Å². The average Bonchev–Trinajstić information content (AvgIpc) is 3.10. The second kappa shape index (κ2) is 8.05. The Hall–Kier alpha value is -2.12. The first kappa shape index (κ1) is 18.7. The zero-order valence-corrected chi connectivity index (χ0v) is 16.6. The van der Waals surface area contributed by atoms with Crippen LogP contribution in [-0.2, 0) is 4.79 Å². The zero-order chi connectivity index (χ0) is 18.7. The van der Waals surface area contributed by atoms with E-state index in [-0.39, 0.29) is 23.3 Å². The summed E-state index contributed by atoms with van der Waals surface area (Å²) in [5.41, 5.74) is 2.58. The lowest BCUT2D eigenvalue weighted by Gasteiger charge is -2.17. The van der Waals surface area contributed by atoms with Crippen molar-refractivity contribution in [3.63, 3.8) is 0 Å². The van der Waals surface area contributed by atoms with Crippen LogP contribution in [0.25, 0.3) is 10.2 Å². The first-order chi connectivity index (χ1) is 12.5. The minimum Gasteiger partial charge on any atom is -0.325 e. The molecule has 1 N–H and O–H groups in total. The number of aryl methyl sites for hydroxylation is 1. The van der Waals surface area contributed by atoms with E-state index in [0.717, 1.165) is 17.7 Å². The number of thiophene rings is 1. The Kier molecular flexibility index (Phi) is 5.78. The van der Waals surface area contributed by atoms with Gasteiger partial charge in [-0.05, 0) is 43.8 Å². The number of hydrogen-bond donors (Lipinski definition) is 1. The van der Waals surface area contributed by atoms with Gasteiger partial charge in [0.25, 0.3) is 5.56 Å². The molecule has 2 heterocycles. The average molecular weight is 388 g/mol. The van der Waals surface area contributed by atoms with E-state index in [4.69, 9.17) is 0 Å². The maximum Gasteiger partial charge on any atom is 0.272 e. The number of fused-ring (bicyclic) bond motifs is 1. The highest BCUT2D eigenvalue weighted by atomic mass is 32.2. The number of nitrogens with one attached hydrogen (secondary N) is 1. The quantitative estimate of drug-likeness (QED) is 0.501. The number of thioether (sulfide) groups is 1. The Morgan fingerprint density at radius 3 is 2.73 bits per heavy atom. The van der Waals surface area contributed by atoms with Crippen LogP contribution in [0.15, 0.2) is 45.7 Å². The van der Waals surface area contributed by atoms with E-state index in [2.05, 4.69) is 10.3 Å². The summed E-state index contributed by atoms with van der Waals surface area (Å²) in [7, 11) is 0. The molecular weight excluding hydrogens is 366 g/mol. The maximum absolute atomic E-state index is 12.8. The summed E-state index contributed by atoms with van der Waals surface area (Å²) in [4.78, 5) is 29.7. The molecule has 7 heteroatoms. The number of amides is 1. The Bertz CT molecular complexity index is 977. The fourth-order valence-electron chi connectivity index (χ4n) is 2.54. The number of benzene rings is 1. The highest BCUT2D eigenvalue weighted by molar-refractivity contribution is 7.99. The maximum atomic E-state index is 12.8. The molecule has 0 aliphatic rings. The predicted octanol–water partition coefficient (Wildman–Crippen LogP) is 4.47. The van der Waals surface area contributed by atoms with Gasteiger partial charge in [0.05, 0.1) is 11.3 Å². The number of nitrogens with zero attached hydrogens (tertiary/aromatic N) is 2. The summed E-state index contributed by atoms with van der Waals surface area (Å²) in [5, 5.41) is 5.34. The van der Waals surface area contributed by atoms with Gasteiger partial charge in [0.15, 0.2) is 5.16 Å². The fourth-order valence-corrected chi connectivity index (χ4v) is 4.20. The predicted molar refractivity (Wildman–Crippen MR) is 109 cm³/mol. The molecule has 0 aliphatic heterocycles. The Labute approximate surface area is 160 Å². The number of hydrogen-bond acceptors (Lipinski definition) is 5. The van der Waals surface area contributed by atoms with E-state index in [9.17, 15) is 9.59 Å². The summed E-state index contributed by atoms with van der Waals surface area (Å²) in [6.45, 7) is 6.04. The van der Waals surface area contributed by atoms with Crippen molar-refractivity contribution in [3.05, 3.63) is 51.6 Å². The second-order valence-corrected chi connectivity index (χ2v) is 8.02. The van der Waals surface area contributed by atoms with Crippen LogP contribution < -0.4 is 10.9 Å². The van der Waals surface area contributed by atoms with Gasteiger partial charge in [0.1, 0.15) is 4.70 Å².